The van der Waals surface area contributed by atoms with Gasteiger partial charge >= 0.3 is 0 Å². The third-order valence-electron chi connectivity index (χ3n) is 3.57. The molecule has 108 valence electrons. The van der Waals surface area contributed by atoms with Crippen LogP contribution >= 0.6 is 0 Å². The lowest BCUT2D eigenvalue weighted by molar-refractivity contribution is 0.0945. The minimum Gasteiger partial charge on any atom is -0.366 e. The van der Waals surface area contributed by atoms with Crippen LogP contribution in [-0.4, -0.2) is 36.4 Å². The zero-order valence-corrected chi connectivity index (χ0v) is 11.4. The molecule has 0 aliphatic carbocycles. The number of carbonyl (C=O) groups is 2. The van der Waals surface area contributed by atoms with Gasteiger partial charge < -0.3 is 16.4 Å². The Morgan fingerprint density at radius 3 is 2.85 bits per heavy atom. The molecule has 1 aromatic heterocycles. The number of piperidine rings is 1. The van der Waals surface area contributed by atoms with Crippen LogP contribution in [0.4, 0.5) is 0 Å². The maximum absolute atomic E-state index is 11.9. The standard InChI is InChI=1S/C14H20N4O2/c15-13(19)11-4-8-17-12(9-11)14(20)18-7-3-10-1-5-16-6-2-10/h4,8-10,16H,1-3,5-7H2,(H2,15,19)(H,18,20). The molecule has 0 bridgehead atoms. The first kappa shape index (κ1) is 14.5. The van der Waals surface area contributed by atoms with E-state index in [-0.39, 0.29) is 11.6 Å². The van der Waals surface area contributed by atoms with Crippen molar-refractivity contribution in [3.63, 3.8) is 0 Å². The highest BCUT2D eigenvalue weighted by Gasteiger charge is 2.14. The second-order valence-electron chi connectivity index (χ2n) is 5.03. The van der Waals surface area contributed by atoms with Crippen molar-refractivity contribution in [2.45, 2.75) is 19.3 Å². The van der Waals surface area contributed by atoms with E-state index in [0.717, 1.165) is 32.4 Å². The van der Waals surface area contributed by atoms with Gasteiger partial charge in [-0.05, 0) is 50.4 Å². The van der Waals surface area contributed by atoms with Gasteiger partial charge in [0.25, 0.3) is 5.91 Å². The number of amides is 2. The van der Waals surface area contributed by atoms with Gasteiger partial charge in [0.05, 0.1) is 0 Å². The maximum Gasteiger partial charge on any atom is 0.269 e. The third kappa shape index (κ3) is 4.03. The minimum absolute atomic E-state index is 0.228. The first-order valence-electron chi connectivity index (χ1n) is 6.91. The second-order valence-corrected chi connectivity index (χ2v) is 5.03. The number of nitrogens with two attached hydrogens (primary N) is 1. The highest BCUT2D eigenvalue weighted by atomic mass is 16.2. The molecule has 2 rings (SSSR count). The van der Waals surface area contributed by atoms with Crippen LogP contribution in [0.3, 0.4) is 0 Å². The summed E-state index contributed by atoms with van der Waals surface area (Å²) in [6, 6.07) is 2.91. The molecule has 0 atom stereocenters. The molecule has 2 heterocycles. The summed E-state index contributed by atoms with van der Waals surface area (Å²) in [5.41, 5.74) is 5.70. The van der Waals surface area contributed by atoms with Crippen LogP contribution in [0.1, 0.15) is 40.1 Å². The Morgan fingerprint density at radius 1 is 1.40 bits per heavy atom. The Balaban J connectivity index is 1.82. The molecule has 1 aliphatic rings. The van der Waals surface area contributed by atoms with E-state index in [4.69, 9.17) is 5.73 Å². The molecule has 1 aliphatic heterocycles. The number of nitrogens with zero attached hydrogens (tertiary/aromatic N) is 1. The number of aromatic nitrogens is 1. The SMILES string of the molecule is NC(=O)c1ccnc(C(=O)NCCC2CCNCC2)c1. The van der Waals surface area contributed by atoms with Crippen molar-refractivity contribution in [3.05, 3.63) is 29.6 Å². The van der Waals surface area contributed by atoms with Crippen LogP contribution in [0.5, 0.6) is 0 Å². The van der Waals surface area contributed by atoms with Crippen molar-refractivity contribution in [1.29, 1.82) is 0 Å². The highest BCUT2D eigenvalue weighted by Crippen LogP contribution is 2.14. The number of rotatable bonds is 5. The monoisotopic (exact) mass is 276 g/mol. The molecular weight excluding hydrogens is 256 g/mol. The van der Waals surface area contributed by atoms with Crippen molar-refractivity contribution in [2.24, 2.45) is 11.7 Å². The van der Waals surface area contributed by atoms with Gasteiger partial charge in [-0.15, -0.1) is 0 Å². The summed E-state index contributed by atoms with van der Waals surface area (Å²) in [6.45, 7) is 2.74. The quantitative estimate of drug-likeness (QED) is 0.720. The van der Waals surface area contributed by atoms with Crippen LogP contribution < -0.4 is 16.4 Å². The molecule has 0 aromatic carbocycles. The summed E-state index contributed by atoms with van der Waals surface area (Å²) in [4.78, 5) is 26.9. The summed E-state index contributed by atoms with van der Waals surface area (Å²) in [5.74, 6) is -0.153. The van der Waals surface area contributed by atoms with Crippen LogP contribution in [-0.2, 0) is 0 Å². The number of hydrogen-bond acceptors (Lipinski definition) is 4. The van der Waals surface area contributed by atoms with Crippen LogP contribution in [0.2, 0.25) is 0 Å². The molecule has 2 amide bonds. The van der Waals surface area contributed by atoms with Crippen molar-refractivity contribution >= 4 is 11.8 Å². The van der Waals surface area contributed by atoms with Gasteiger partial charge in [0, 0.05) is 18.3 Å². The van der Waals surface area contributed by atoms with Crippen molar-refractivity contribution < 1.29 is 9.59 Å². The molecular formula is C14H20N4O2. The fourth-order valence-electron chi connectivity index (χ4n) is 2.36. The first-order valence-corrected chi connectivity index (χ1v) is 6.91. The van der Waals surface area contributed by atoms with Gasteiger partial charge in [-0.1, -0.05) is 0 Å². The molecule has 6 heteroatoms. The van der Waals surface area contributed by atoms with E-state index in [1.807, 2.05) is 0 Å². The van der Waals surface area contributed by atoms with E-state index in [9.17, 15) is 9.59 Å². The topological polar surface area (TPSA) is 97.1 Å². The molecule has 6 nitrogen and oxygen atoms in total. The Morgan fingerprint density at radius 2 is 2.15 bits per heavy atom. The van der Waals surface area contributed by atoms with E-state index in [2.05, 4.69) is 15.6 Å². The molecule has 20 heavy (non-hydrogen) atoms. The molecule has 1 saturated heterocycles. The predicted octanol–water partition coefficient (Wildman–Crippen LogP) is 0.300. The molecule has 0 spiro atoms. The average Bonchev–Trinajstić information content (AvgIpc) is 2.48. The summed E-state index contributed by atoms with van der Waals surface area (Å²) < 4.78 is 0. The fourth-order valence-corrected chi connectivity index (χ4v) is 2.36. The van der Waals surface area contributed by atoms with E-state index in [1.54, 1.807) is 0 Å². The summed E-state index contributed by atoms with van der Waals surface area (Å²) >= 11 is 0. The Hall–Kier alpha value is -1.95. The molecule has 4 N–H and O–H groups in total. The van der Waals surface area contributed by atoms with E-state index in [0.29, 0.717) is 18.0 Å². The Labute approximate surface area is 118 Å². The number of nitrogens with one attached hydrogen (secondary N) is 2. The molecule has 0 saturated carbocycles. The second kappa shape index (κ2) is 7.00. The van der Waals surface area contributed by atoms with Gasteiger partial charge in [-0.25, -0.2) is 0 Å². The van der Waals surface area contributed by atoms with Gasteiger partial charge in [0.15, 0.2) is 0 Å². The zero-order chi connectivity index (χ0) is 14.4. The highest BCUT2D eigenvalue weighted by molar-refractivity contribution is 5.97. The van der Waals surface area contributed by atoms with E-state index < -0.39 is 5.91 Å². The maximum atomic E-state index is 11.9. The van der Waals surface area contributed by atoms with Crippen LogP contribution in [0.15, 0.2) is 18.3 Å². The van der Waals surface area contributed by atoms with Gasteiger partial charge in [0.1, 0.15) is 5.69 Å². The number of primary amides is 1. The predicted molar refractivity (Wildman–Crippen MR) is 75.3 cm³/mol. The largest absolute Gasteiger partial charge is 0.366 e. The smallest absolute Gasteiger partial charge is 0.269 e. The molecule has 0 unspecified atom stereocenters. The van der Waals surface area contributed by atoms with Gasteiger partial charge in [-0.3, -0.25) is 14.6 Å². The van der Waals surface area contributed by atoms with Crippen LogP contribution in [0.25, 0.3) is 0 Å². The number of hydrogen-bond donors (Lipinski definition) is 3. The Bertz CT molecular complexity index is 484. The van der Waals surface area contributed by atoms with Gasteiger partial charge in [-0.2, -0.15) is 0 Å². The van der Waals surface area contributed by atoms with E-state index in [1.165, 1.54) is 18.3 Å². The van der Waals surface area contributed by atoms with Crippen molar-refractivity contribution in [2.75, 3.05) is 19.6 Å². The lowest BCUT2D eigenvalue weighted by Gasteiger charge is -2.22. The number of carbonyl (C=O) groups excluding carboxylic acids is 2. The fraction of sp³-hybridized carbons (Fsp3) is 0.500. The first-order chi connectivity index (χ1) is 9.66. The lowest BCUT2D eigenvalue weighted by Crippen LogP contribution is -2.31. The molecule has 1 fully saturated rings. The summed E-state index contributed by atoms with van der Waals surface area (Å²) in [6.07, 6.45) is 4.71. The van der Waals surface area contributed by atoms with E-state index >= 15 is 0 Å². The molecule has 0 radical (unpaired) electrons. The van der Waals surface area contributed by atoms with Crippen molar-refractivity contribution in [3.8, 4) is 0 Å². The lowest BCUT2D eigenvalue weighted by atomic mass is 9.95. The summed E-state index contributed by atoms with van der Waals surface area (Å²) in [7, 11) is 0. The normalized spacial score (nSPS) is 15.8. The summed E-state index contributed by atoms with van der Waals surface area (Å²) in [5, 5.41) is 6.15. The zero-order valence-electron chi connectivity index (χ0n) is 11.4. The Kier molecular flexibility index (Phi) is 5.06. The average molecular weight is 276 g/mol. The number of pyridine rings is 1. The van der Waals surface area contributed by atoms with Crippen LogP contribution in [0, 0.1) is 5.92 Å². The minimum atomic E-state index is -0.559. The molecule has 1 aromatic rings. The van der Waals surface area contributed by atoms with Crippen molar-refractivity contribution in [1.82, 2.24) is 15.6 Å². The third-order valence-corrected chi connectivity index (χ3v) is 3.57. The van der Waals surface area contributed by atoms with Gasteiger partial charge in [0.2, 0.25) is 5.91 Å².